The van der Waals surface area contributed by atoms with Gasteiger partial charge in [0, 0.05) is 35.4 Å². The van der Waals surface area contributed by atoms with Gasteiger partial charge in [0.25, 0.3) is 0 Å². The zero-order valence-electron chi connectivity index (χ0n) is 12.3. The van der Waals surface area contributed by atoms with E-state index in [-0.39, 0.29) is 6.04 Å². The molecule has 0 saturated carbocycles. The molecule has 0 bridgehead atoms. The monoisotopic (exact) mass is 307 g/mol. The molecule has 5 nitrogen and oxygen atoms in total. The number of hydrogen-bond donors (Lipinski definition) is 2. The smallest absolute Gasteiger partial charge is 0.245 e. The van der Waals surface area contributed by atoms with E-state index in [4.69, 9.17) is 5.73 Å². The Balaban J connectivity index is 2.08. The highest BCUT2D eigenvalue weighted by Gasteiger charge is 2.37. The molecule has 1 atom stereocenters. The Kier molecular flexibility index (Phi) is 3.45. The van der Waals surface area contributed by atoms with E-state index in [0.29, 0.717) is 28.4 Å². The van der Waals surface area contributed by atoms with Crippen molar-refractivity contribution < 1.29 is 8.42 Å². The fourth-order valence-corrected chi connectivity index (χ4v) is 5.18. The average Bonchev–Trinajstić information content (AvgIpc) is 3.05. The lowest BCUT2D eigenvalue weighted by Crippen LogP contribution is -2.38. The van der Waals surface area contributed by atoms with Crippen molar-refractivity contribution in [1.82, 2.24) is 9.29 Å². The molecule has 0 aliphatic carbocycles. The van der Waals surface area contributed by atoms with Crippen molar-refractivity contribution in [2.75, 3.05) is 12.3 Å². The second kappa shape index (κ2) is 5.03. The van der Waals surface area contributed by atoms with Gasteiger partial charge in [0.2, 0.25) is 10.0 Å². The minimum absolute atomic E-state index is 0.0914. The van der Waals surface area contributed by atoms with Gasteiger partial charge < -0.3 is 10.7 Å². The summed E-state index contributed by atoms with van der Waals surface area (Å²) in [6.07, 6.45) is 3.44. The second-order valence-corrected chi connectivity index (χ2v) is 7.89. The number of sulfonamides is 1. The molecular formula is C15H21N3O2S. The second-order valence-electron chi connectivity index (χ2n) is 6.03. The van der Waals surface area contributed by atoms with E-state index in [2.05, 4.69) is 18.8 Å². The average molecular weight is 307 g/mol. The quantitative estimate of drug-likeness (QED) is 0.855. The summed E-state index contributed by atoms with van der Waals surface area (Å²) in [7, 11) is -3.47. The standard InChI is InChI=1S/C15H21N3O2S/c1-10(2)14-4-3-7-18(14)21(19,20)15-9-17-13-8-11(16)5-6-12(13)15/h5-6,8-10,14,17H,3-4,7,16H2,1-2H3. The number of nitrogen functional groups attached to an aromatic ring is 1. The maximum atomic E-state index is 13.0. The Morgan fingerprint density at radius 3 is 2.86 bits per heavy atom. The SMILES string of the molecule is CC(C)C1CCCN1S(=O)(=O)c1c[nH]c2cc(N)ccc12. The highest BCUT2D eigenvalue weighted by atomic mass is 32.2. The third-order valence-corrected chi connectivity index (χ3v) is 6.24. The summed E-state index contributed by atoms with van der Waals surface area (Å²) in [5.74, 6) is 0.322. The highest BCUT2D eigenvalue weighted by molar-refractivity contribution is 7.89. The fourth-order valence-electron chi connectivity index (χ4n) is 3.19. The van der Waals surface area contributed by atoms with E-state index in [1.54, 1.807) is 28.7 Å². The van der Waals surface area contributed by atoms with Crippen LogP contribution in [0.1, 0.15) is 26.7 Å². The predicted molar refractivity (Wildman–Crippen MR) is 84.5 cm³/mol. The van der Waals surface area contributed by atoms with Crippen LogP contribution in [0, 0.1) is 5.92 Å². The summed E-state index contributed by atoms with van der Waals surface area (Å²) >= 11 is 0. The summed E-state index contributed by atoms with van der Waals surface area (Å²) in [5.41, 5.74) is 7.12. The van der Waals surface area contributed by atoms with Crippen LogP contribution >= 0.6 is 0 Å². The van der Waals surface area contributed by atoms with Crippen molar-refractivity contribution in [1.29, 1.82) is 0 Å². The summed E-state index contributed by atoms with van der Waals surface area (Å²) < 4.78 is 27.6. The number of H-pyrrole nitrogens is 1. The van der Waals surface area contributed by atoms with Gasteiger partial charge in [-0.15, -0.1) is 0 Å². The van der Waals surface area contributed by atoms with E-state index < -0.39 is 10.0 Å². The Labute approximate surface area is 125 Å². The molecule has 0 spiro atoms. The van der Waals surface area contributed by atoms with E-state index >= 15 is 0 Å². The van der Waals surface area contributed by atoms with Crippen molar-refractivity contribution >= 4 is 26.6 Å². The number of aromatic amines is 1. The van der Waals surface area contributed by atoms with Gasteiger partial charge in [0.05, 0.1) is 0 Å². The molecule has 3 N–H and O–H groups in total. The predicted octanol–water partition coefficient (Wildman–Crippen LogP) is 2.56. The van der Waals surface area contributed by atoms with Crippen LogP contribution in [0.4, 0.5) is 5.69 Å². The van der Waals surface area contributed by atoms with Crippen LogP contribution in [0.2, 0.25) is 0 Å². The van der Waals surface area contributed by atoms with Gasteiger partial charge in [0.15, 0.2) is 0 Å². The van der Waals surface area contributed by atoms with Gasteiger partial charge in [-0.25, -0.2) is 8.42 Å². The molecule has 1 aliphatic heterocycles. The van der Waals surface area contributed by atoms with Crippen LogP contribution in [0.5, 0.6) is 0 Å². The first-order valence-electron chi connectivity index (χ1n) is 7.29. The van der Waals surface area contributed by atoms with Gasteiger partial charge >= 0.3 is 0 Å². The molecule has 1 aromatic carbocycles. The molecule has 3 rings (SSSR count). The molecule has 1 fully saturated rings. The fraction of sp³-hybridized carbons (Fsp3) is 0.467. The maximum absolute atomic E-state index is 13.0. The molecule has 21 heavy (non-hydrogen) atoms. The van der Waals surface area contributed by atoms with Crippen molar-refractivity contribution in [2.24, 2.45) is 5.92 Å². The Bertz CT molecular complexity index is 764. The van der Waals surface area contributed by atoms with Crippen molar-refractivity contribution in [3.05, 3.63) is 24.4 Å². The lowest BCUT2D eigenvalue weighted by Gasteiger charge is -2.26. The minimum atomic E-state index is -3.47. The van der Waals surface area contributed by atoms with Gasteiger partial charge in [-0.1, -0.05) is 13.8 Å². The van der Waals surface area contributed by atoms with Crippen LogP contribution in [0.25, 0.3) is 10.9 Å². The van der Waals surface area contributed by atoms with Crippen molar-refractivity contribution in [2.45, 2.75) is 37.6 Å². The first-order valence-corrected chi connectivity index (χ1v) is 8.73. The molecule has 1 aromatic heterocycles. The molecule has 1 aliphatic rings. The van der Waals surface area contributed by atoms with E-state index in [0.717, 1.165) is 18.4 Å². The number of nitrogens with zero attached hydrogens (tertiary/aromatic N) is 1. The largest absolute Gasteiger partial charge is 0.399 e. The number of anilines is 1. The third kappa shape index (κ3) is 2.32. The zero-order valence-corrected chi connectivity index (χ0v) is 13.2. The van der Waals surface area contributed by atoms with Crippen LogP contribution < -0.4 is 5.73 Å². The number of rotatable bonds is 3. The van der Waals surface area contributed by atoms with Crippen LogP contribution in [0.15, 0.2) is 29.3 Å². The lowest BCUT2D eigenvalue weighted by molar-refractivity contribution is 0.316. The van der Waals surface area contributed by atoms with E-state index in [9.17, 15) is 8.42 Å². The van der Waals surface area contributed by atoms with Crippen LogP contribution in [0.3, 0.4) is 0 Å². The molecule has 114 valence electrons. The Morgan fingerprint density at radius 1 is 1.38 bits per heavy atom. The topological polar surface area (TPSA) is 79.2 Å². The zero-order chi connectivity index (χ0) is 15.2. The Hall–Kier alpha value is -1.53. The van der Waals surface area contributed by atoms with Crippen molar-refractivity contribution in [3.63, 3.8) is 0 Å². The van der Waals surface area contributed by atoms with Gasteiger partial charge in [-0.3, -0.25) is 0 Å². The number of fused-ring (bicyclic) bond motifs is 1. The first-order chi connectivity index (χ1) is 9.91. The summed E-state index contributed by atoms with van der Waals surface area (Å²) in [6, 6.07) is 5.36. The number of nitrogens with two attached hydrogens (primary N) is 1. The lowest BCUT2D eigenvalue weighted by atomic mass is 10.0. The number of hydrogen-bond acceptors (Lipinski definition) is 3. The van der Waals surface area contributed by atoms with Crippen LogP contribution in [-0.2, 0) is 10.0 Å². The molecule has 2 heterocycles. The minimum Gasteiger partial charge on any atom is -0.399 e. The number of benzene rings is 1. The van der Waals surface area contributed by atoms with Gasteiger partial charge in [-0.2, -0.15) is 4.31 Å². The van der Waals surface area contributed by atoms with E-state index in [1.807, 2.05) is 0 Å². The molecule has 2 aromatic rings. The molecular weight excluding hydrogens is 286 g/mol. The van der Waals surface area contributed by atoms with Gasteiger partial charge in [0.1, 0.15) is 4.90 Å². The van der Waals surface area contributed by atoms with Gasteiger partial charge in [-0.05, 0) is 37.0 Å². The Morgan fingerprint density at radius 2 is 2.14 bits per heavy atom. The molecule has 6 heteroatoms. The normalized spacial score (nSPS) is 20.6. The highest BCUT2D eigenvalue weighted by Crippen LogP contribution is 2.33. The number of nitrogens with one attached hydrogen (secondary N) is 1. The summed E-state index contributed by atoms with van der Waals surface area (Å²) in [5, 5.41) is 0.707. The van der Waals surface area contributed by atoms with Crippen molar-refractivity contribution in [3.8, 4) is 0 Å². The number of aromatic nitrogens is 1. The molecule has 0 amide bonds. The van der Waals surface area contributed by atoms with Crippen LogP contribution in [-0.4, -0.2) is 30.3 Å². The summed E-state index contributed by atoms with van der Waals surface area (Å²) in [4.78, 5) is 3.37. The molecule has 1 saturated heterocycles. The molecule has 0 radical (unpaired) electrons. The van der Waals surface area contributed by atoms with E-state index in [1.165, 1.54) is 0 Å². The maximum Gasteiger partial charge on any atom is 0.245 e. The third-order valence-electron chi connectivity index (χ3n) is 4.27. The molecule has 1 unspecified atom stereocenters. The summed E-state index contributed by atoms with van der Waals surface area (Å²) in [6.45, 7) is 4.76. The first kappa shape index (κ1) is 14.4.